The number of hydrogen-bond donors (Lipinski definition) is 2. The molecule has 17 heavy (non-hydrogen) atoms. The van der Waals surface area contributed by atoms with Crippen molar-refractivity contribution in [3.63, 3.8) is 0 Å². The predicted molar refractivity (Wildman–Crippen MR) is 71.7 cm³/mol. The van der Waals surface area contributed by atoms with E-state index in [-0.39, 0.29) is 16.9 Å². The number of carbonyl (C=O) groups excluding carboxylic acids is 1. The second kappa shape index (κ2) is 6.49. The molecule has 0 radical (unpaired) electrons. The highest BCUT2D eigenvalue weighted by Crippen LogP contribution is 2.03. The van der Waals surface area contributed by atoms with Crippen molar-refractivity contribution in [3.8, 4) is 0 Å². The molecule has 1 amide bonds. The van der Waals surface area contributed by atoms with Crippen molar-refractivity contribution in [1.29, 1.82) is 0 Å². The van der Waals surface area contributed by atoms with Gasteiger partial charge in [-0.25, -0.2) is 0 Å². The van der Waals surface area contributed by atoms with Gasteiger partial charge in [0.05, 0.1) is 0 Å². The molecule has 4 nitrogen and oxygen atoms in total. The van der Waals surface area contributed by atoms with Crippen molar-refractivity contribution in [1.82, 2.24) is 10.3 Å². The number of pyridine rings is 1. The van der Waals surface area contributed by atoms with Gasteiger partial charge in [-0.3, -0.25) is 9.59 Å². The predicted octanol–water partition coefficient (Wildman–Crippen LogP) is 1.41. The molecule has 0 saturated carbocycles. The molecule has 1 unspecified atom stereocenters. The molecule has 1 aromatic heterocycles. The molecule has 1 aromatic rings. The van der Waals surface area contributed by atoms with Gasteiger partial charge in [0.1, 0.15) is 5.56 Å². The fourth-order valence-corrected chi connectivity index (χ4v) is 2.14. The fraction of sp³-hybridized carbons (Fsp3) is 0.500. The van der Waals surface area contributed by atoms with Crippen molar-refractivity contribution in [2.45, 2.75) is 13.8 Å². The second-order valence-corrected chi connectivity index (χ2v) is 5.08. The first-order chi connectivity index (χ1) is 8.04. The lowest BCUT2D eigenvalue weighted by molar-refractivity contribution is 0.0948. The number of aryl methyl sites for hydroxylation is 1. The Morgan fingerprint density at radius 2 is 2.29 bits per heavy atom. The monoisotopic (exact) mass is 254 g/mol. The molecule has 2 N–H and O–H groups in total. The van der Waals surface area contributed by atoms with Crippen LogP contribution >= 0.6 is 11.8 Å². The molecule has 0 aliphatic carbocycles. The summed E-state index contributed by atoms with van der Waals surface area (Å²) < 4.78 is 0. The van der Waals surface area contributed by atoms with E-state index >= 15 is 0 Å². The zero-order chi connectivity index (χ0) is 12.8. The lowest BCUT2D eigenvalue weighted by Gasteiger charge is -2.10. The third kappa shape index (κ3) is 4.26. The first kappa shape index (κ1) is 13.8. The van der Waals surface area contributed by atoms with Gasteiger partial charge in [0.15, 0.2) is 5.43 Å². The number of carbonyl (C=O) groups is 1. The van der Waals surface area contributed by atoms with Crippen LogP contribution in [0.2, 0.25) is 0 Å². The summed E-state index contributed by atoms with van der Waals surface area (Å²) in [5.41, 5.74) is 0.686. The van der Waals surface area contributed by atoms with Gasteiger partial charge < -0.3 is 10.3 Å². The van der Waals surface area contributed by atoms with Crippen molar-refractivity contribution in [2.24, 2.45) is 5.92 Å². The minimum atomic E-state index is -0.306. The average molecular weight is 254 g/mol. The van der Waals surface area contributed by atoms with Crippen molar-refractivity contribution in [3.05, 3.63) is 33.7 Å². The van der Waals surface area contributed by atoms with Crippen LogP contribution in [0.25, 0.3) is 0 Å². The molecule has 0 bridgehead atoms. The van der Waals surface area contributed by atoms with E-state index < -0.39 is 0 Å². The first-order valence-corrected chi connectivity index (χ1v) is 6.90. The number of amides is 1. The van der Waals surface area contributed by atoms with Crippen LogP contribution in [0.3, 0.4) is 0 Å². The van der Waals surface area contributed by atoms with E-state index in [1.54, 1.807) is 18.7 Å². The Hall–Kier alpha value is -1.23. The van der Waals surface area contributed by atoms with Gasteiger partial charge in [-0.1, -0.05) is 6.92 Å². The highest BCUT2D eigenvalue weighted by molar-refractivity contribution is 7.98. The third-order valence-corrected chi connectivity index (χ3v) is 3.27. The van der Waals surface area contributed by atoms with E-state index in [9.17, 15) is 9.59 Å². The average Bonchev–Trinajstić information content (AvgIpc) is 2.26. The van der Waals surface area contributed by atoms with E-state index in [0.717, 1.165) is 11.4 Å². The molecule has 5 heteroatoms. The van der Waals surface area contributed by atoms with E-state index in [2.05, 4.69) is 17.2 Å². The molecule has 0 fully saturated rings. The highest BCUT2D eigenvalue weighted by Gasteiger charge is 2.11. The Kier molecular flexibility index (Phi) is 5.28. The summed E-state index contributed by atoms with van der Waals surface area (Å²) in [4.78, 5) is 26.2. The Morgan fingerprint density at radius 3 is 2.88 bits per heavy atom. The summed E-state index contributed by atoms with van der Waals surface area (Å²) in [5, 5.41) is 2.77. The standard InChI is InChI=1S/C12H18N2O2S/c1-8(7-17-3)5-14-12(16)10-6-13-9(2)4-11(10)15/h4,6,8H,5,7H2,1-3H3,(H,13,15)(H,14,16). The Balaban J connectivity index is 2.61. The van der Waals surface area contributed by atoms with Gasteiger partial charge in [0.2, 0.25) is 0 Å². The molecule has 0 saturated heterocycles. The number of rotatable bonds is 5. The molecule has 0 aliphatic heterocycles. The Labute approximate surface area is 105 Å². The van der Waals surface area contributed by atoms with E-state index in [1.807, 2.05) is 6.26 Å². The lowest BCUT2D eigenvalue weighted by Crippen LogP contribution is -2.32. The van der Waals surface area contributed by atoms with Crippen molar-refractivity contribution < 1.29 is 4.79 Å². The number of thioether (sulfide) groups is 1. The summed E-state index contributed by atoms with van der Waals surface area (Å²) in [6.07, 6.45) is 3.50. The third-order valence-electron chi connectivity index (χ3n) is 2.36. The number of hydrogen-bond acceptors (Lipinski definition) is 3. The van der Waals surface area contributed by atoms with Crippen LogP contribution in [0, 0.1) is 12.8 Å². The summed E-state index contributed by atoms with van der Waals surface area (Å²) in [6.45, 7) is 4.44. The van der Waals surface area contributed by atoms with Crippen molar-refractivity contribution in [2.75, 3.05) is 18.6 Å². The van der Waals surface area contributed by atoms with Crippen LogP contribution in [0.5, 0.6) is 0 Å². The lowest BCUT2D eigenvalue weighted by atomic mass is 10.2. The summed E-state index contributed by atoms with van der Waals surface area (Å²) in [5.74, 6) is 1.09. The van der Waals surface area contributed by atoms with Gasteiger partial charge in [0, 0.05) is 24.5 Å². The summed E-state index contributed by atoms with van der Waals surface area (Å²) in [7, 11) is 0. The summed E-state index contributed by atoms with van der Waals surface area (Å²) >= 11 is 1.74. The van der Waals surface area contributed by atoms with E-state index in [0.29, 0.717) is 12.5 Å². The second-order valence-electron chi connectivity index (χ2n) is 4.16. The van der Waals surface area contributed by atoms with Crippen LogP contribution in [-0.4, -0.2) is 29.4 Å². The zero-order valence-corrected chi connectivity index (χ0v) is 11.2. The largest absolute Gasteiger partial charge is 0.364 e. The van der Waals surface area contributed by atoms with Crippen molar-refractivity contribution >= 4 is 17.7 Å². The molecule has 0 aromatic carbocycles. The topological polar surface area (TPSA) is 62.0 Å². The normalized spacial score (nSPS) is 12.2. The number of aromatic nitrogens is 1. The minimum absolute atomic E-state index is 0.173. The SMILES string of the molecule is CSCC(C)CNC(=O)c1c[nH]c(C)cc1=O. The van der Waals surface area contributed by atoms with Crippen LogP contribution in [-0.2, 0) is 0 Å². The van der Waals surface area contributed by atoms with Crippen LogP contribution in [0.4, 0.5) is 0 Å². The smallest absolute Gasteiger partial charge is 0.256 e. The minimum Gasteiger partial charge on any atom is -0.364 e. The number of nitrogens with one attached hydrogen (secondary N) is 2. The molecular weight excluding hydrogens is 236 g/mol. The zero-order valence-electron chi connectivity index (χ0n) is 10.4. The van der Waals surface area contributed by atoms with Gasteiger partial charge >= 0.3 is 0 Å². The summed E-state index contributed by atoms with van der Waals surface area (Å²) in [6, 6.07) is 1.43. The number of aromatic amines is 1. The molecule has 94 valence electrons. The van der Waals surface area contributed by atoms with E-state index in [4.69, 9.17) is 0 Å². The molecule has 1 heterocycles. The maximum Gasteiger partial charge on any atom is 0.256 e. The van der Waals surface area contributed by atoms with Gasteiger partial charge in [-0.2, -0.15) is 11.8 Å². The van der Waals surface area contributed by atoms with Gasteiger partial charge in [0.25, 0.3) is 5.91 Å². The van der Waals surface area contributed by atoms with Crippen LogP contribution in [0.15, 0.2) is 17.1 Å². The maximum atomic E-state index is 11.7. The Bertz CT molecular complexity index is 442. The molecule has 0 aliphatic rings. The maximum absolute atomic E-state index is 11.7. The number of H-pyrrole nitrogens is 1. The molecule has 0 spiro atoms. The van der Waals surface area contributed by atoms with Gasteiger partial charge in [-0.05, 0) is 24.9 Å². The Morgan fingerprint density at radius 1 is 1.59 bits per heavy atom. The molecule has 1 atom stereocenters. The van der Waals surface area contributed by atoms with Gasteiger partial charge in [-0.15, -0.1) is 0 Å². The fourth-order valence-electron chi connectivity index (χ4n) is 1.46. The highest BCUT2D eigenvalue weighted by atomic mass is 32.2. The van der Waals surface area contributed by atoms with E-state index in [1.165, 1.54) is 12.3 Å². The first-order valence-electron chi connectivity index (χ1n) is 5.51. The van der Waals surface area contributed by atoms with Crippen LogP contribution < -0.4 is 10.7 Å². The quantitative estimate of drug-likeness (QED) is 0.835. The molecular formula is C12H18N2O2S. The van der Waals surface area contributed by atoms with Crippen LogP contribution in [0.1, 0.15) is 23.0 Å². The molecule has 1 rings (SSSR count).